The number of hydrogen-bond acceptors (Lipinski definition) is 7. The van der Waals surface area contributed by atoms with Gasteiger partial charge in [0.15, 0.2) is 0 Å². The number of nitrogens with zero attached hydrogens (tertiary/aromatic N) is 1. The van der Waals surface area contributed by atoms with E-state index in [-0.39, 0.29) is 25.1 Å². The van der Waals surface area contributed by atoms with Crippen LogP contribution < -0.4 is 10.1 Å². The van der Waals surface area contributed by atoms with Gasteiger partial charge in [0, 0.05) is 12.4 Å². The molecule has 0 amide bonds. The van der Waals surface area contributed by atoms with Crippen LogP contribution in [-0.4, -0.2) is 35.6 Å². The molecule has 2 aromatic carbocycles. The third-order valence-electron chi connectivity index (χ3n) is 5.71. The lowest BCUT2D eigenvalue weighted by atomic mass is 10.0. The Kier molecular flexibility index (Phi) is 11.1. The van der Waals surface area contributed by atoms with Crippen LogP contribution in [0.2, 0.25) is 0 Å². The highest BCUT2D eigenvalue weighted by Crippen LogP contribution is 2.17. The van der Waals surface area contributed by atoms with Gasteiger partial charge in [-0.05, 0) is 66.6 Å². The maximum atomic E-state index is 13.0. The van der Waals surface area contributed by atoms with Gasteiger partial charge in [0.25, 0.3) is 0 Å². The van der Waals surface area contributed by atoms with Gasteiger partial charge < -0.3 is 14.2 Å². The van der Waals surface area contributed by atoms with Gasteiger partial charge in [0.05, 0.1) is 6.61 Å². The second-order valence-corrected chi connectivity index (χ2v) is 9.24. The summed E-state index contributed by atoms with van der Waals surface area (Å²) in [5, 5.41) is 3.23. The second kappa shape index (κ2) is 14.8. The summed E-state index contributed by atoms with van der Waals surface area (Å²) < 4.78 is 16.8. The maximum Gasteiger partial charge on any atom is 0.323 e. The number of aromatic nitrogens is 1. The molecule has 3 rings (SSSR count). The zero-order valence-electron chi connectivity index (χ0n) is 21.8. The van der Waals surface area contributed by atoms with E-state index in [0.29, 0.717) is 19.4 Å². The molecule has 1 heterocycles. The van der Waals surface area contributed by atoms with E-state index in [0.717, 1.165) is 22.4 Å². The summed E-state index contributed by atoms with van der Waals surface area (Å²) in [6.45, 7) is 6.71. The van der Waals surface area contributed by atoms with Gasteiger partial charge in [0.2, 0.25) is 0 Å². The fourth-order valence-electron chi connectivity index (χ4n) is 3.83. The molecule has 7 nitrogen and oxygen atoms in total. The molecule has 196 valence electrons. The van der Waals surface area contributed by atoms with Gasteiger partial charge in [-0.1, -0.05) is 56.3 Å². The van der Waals surface area contributed by atoms with E-state index < -0.39 is 18.1 Å². The Morgan fingerprint density at radius 1 is 0.784 bits per heavy atom. The minimum absolute atomic E-state index is 0.182. The normalized spacial score (nSPS) is 12.5. The number of carbonyl (C=O) groups is 2. The summed E-state index contributed by atoms with van der Waals surface area (Å²) in [5.74, 6) is 0.168. The third kappa shape index (κ3) is 9.69. The van der Waals surface area contributed by atoms with Gasteiger partial charge in [-0.2, -0.15) is 0 Å². The van der Waals surface area contributed by atoms with E-state index in [1.54, 1.807) is 19.3 Å². The van der Waals surface area contributed by atoms with Crippen LogP contribution >= 0.6 is 0 Å². The average molecular weight is 505 g/mol. The van der Waals surface area contributed by atoms with Crippen molar-refractivity contribution in [1.82, 2.24) is 10.3 Å². The Morgan fingerprint density at radius 2 is 1.43 bits per heavy atom. The first kappa shape index (κ1) is 27.9. The number of benzene rings is 2. The molecule has 0 fully saturated rings. The molecule has 0 aliphatic carbocycles. The fourth-order valence-corrected chi connectivity index (χ4v) is 3.83. The van der Waals surface area contributed by atoms with E-state index in [1.165, 1.54) is 0 Å². The fraction of sp³-hybridized carbons (Fsp3) is 0.367. The third-order valence-corrected chi connectivity index (χ3v) is 5.71. The predicted molar refractivity (Wildman–Crippen MR) is 142 cm³/mol. The lowest BCUT2D eigenvalue weighted by Gasteiger charge is -2.25. The lowest BCUT2D eigenvalue weighted by Crippen LogP contribution is -2.50. The van der Waals surface area contributed by atoms with E-state index in [2.05, 4.69) is 10.3 Å². The molecule has 1 aromatic heterocycles. The van der Waals surface area contributed by atoms with Crippen molar-refractivity contribution in [3.63, 3.8) is 0 Å². The number of esters is 2. The molecule has 0 unspecified atom stereocenters. The van der Waals surface area contributed by atoms with Gasteiger partial charge in [0.1, 0.15) is 31.0 Å². The topological polar surface area (TPSA) is 86.8 Å². The molecule has 37 heavy (non-hydrogen) atoms. The zero-order valence-corrected chi connectivity index (χ0v) is 21.8. The van der Waals surface area contributed by atoms with Crippen molar-refractivity contribution in [1.29, 1.82) is 0 Å². The monoisotopic (exact) mass is 504 g/mol. The molecule has 0 bridgehead atoms. The van der Waals surface area contributed by atoms with Gasteiger partial charge in [-0.15, -0.1) is 0 Å². The van der Waals surface area contributed by atoms with Crippen LogP contribution in [-0.2, 0) is 38.7 Å². The number of carbonyl (C=O) groups excluding carboxylic acids is 2. The van der Waals surface area contributed by atoms with Crippen molar-refractivity contribution < 1.29 is 23.8 Å². The second-order valence-electron chi connectivity index (χ2n) is 9.24. The summed E-state index contributed by atoms with van der Waals surface area (Å²) in [6, 6.07) is 19.6. The first-order chi connectivity index (χ1) is 17.9. The summed E-state index contributed by atoms with van der Waals surface area (Å²) >= 11 is 0. The largest absolute Gasteiger partial charge is 0.489 e. The summed E-state index contributed by atoms with van der Waals surface area (Å²) in [4.78, 5) is 29.8. The van der Waals surface area contributed by atoms with E-state index >= 15 is 0 Å². The number of rotatable bonds is 14. The van der Waals surface area contributed by atoms with Crippen LogP contribution in [0.4, 0.5) is 0 Å². The smallest absolute Gasteiger partial charge is 0.323 e. The Hall–Kier alpha value is -3.71. The molecule has 0 spiro atoms. The number of pyridine rings is 1. The minimum Gasteiger partial charge on any atom is -0.489 e. The Labute approximate surface area is 219 Å². The van der Waals surface area contributed by atoms with Crippen molar-refractivity contribution >= 4 is 11.9 Å². The summed E-state index contributed by atoms with van der Waals surface area (Å²) in [6.07, 6.45) is 4.36. The Morgan fingerprint density at radius 3 is 2.08 bits per heavy atom. The van der Waals surface area contributed by atoms with Crippen LogP contribution in [0.15, 0.2) is 79.1 Å². The lowest BCUT2D eigenvalue weighted by molar-refractivity contribution is -0.150. The van der Waals surface area contributed by atoms with Crippen LogP contribution in [0.25, 0.3) is 0 Å². The Bertz CT molecular complexity index is 1090. The first-order valence-corrected chi connectivity index (χ1v) is 12.7. The van der Waals surface area contributed by atoms with Crippen LogP contribution in [0.5, 0.6) is 5.75 Å². The first-order valence-electron chi connectivity index (χ1n) is 12.7. The van der Waals surface area contributed by atoms with Crippen LogP contribution in [0.3, 0.4) is 0 Å². The number of hydrogen-bond donors (Lipinski definition) is 1. The molecule has 0 aliphatic rings. The zero-order chi connectivity index (χ0) is 26.5. The SMILES string of the molecule is CCOC(=O)[C@H](Cc1ccc(OCc2ccncc2)cc1)N[C@@H](CC(C)C)C(=O)OCc1ccccc1. The van der Waals surface area contributed by atoms with E-state index in [9.17, 15) is 9.59 Å². The summed E-state index contributed by atoms with van der Waals surface area (Å²) in [5.41, 5.74) is 2.86. The maximum absolute atomic E-state index is 13.0. The average Bonchev–Trinajstić information content (AvgIpc) is 2.91. The van der Waals surface area contributed by atoms with Crippen molar-refractivity contribution in [3.05, 3.63) is 95.8 Å². The highest BCUT2D eigenvalue weighted by Gasteiger charge is 2.29. The highest BCUT2D eigenvalue weighted by molar-refractivity contribution is 5.80. The molecule has 7 heteroatoms. The molecular weight excluding hydrogens is 468 g/mol. The van der Waals surface area contributed by atoms with E-state index in [4.69, 9.17) is 14.2 Å². The quantitative estimate of drug-likeness (QED) is 0.313. The number of nitrogens with one attached hydrogen (secondary N) is 1. The molecule has 0 saturated heterocycles. The van der Waals surface area contributed by atoms with E-state index in [1.807, 2.05) is 80.6 Å². The number of ether oxygens (including phenoxy) is 3. The van der Waals surface area contributed by atoms with Crippen molar-refractivity contribution in [3.8, 4) is 5.75 Å². The molecule has 3 aromatic rings. The molecule has 0 saturated carbocycles. The van der Waals surface area contributed by atoms with Crippen LogP contribution in [0.1, 0.15) is 43.9 Å². The van der Waals surface area contributed by atoms with Gasteiger partial charge in [-0.25, -0.2) is 0 Å². The van der Waals surface area contributed by atoms with Gasteiger partial charge in [-0.3, -0.25) is 19.9 Å². The molecule has 2 atom stereocenters. The van der Waals surface area contributed by atoms with Gasteiger partial charge >= 0.3 is 11.9 Å². The molecule has 0 aliphatic heterocycles. The standard InChI is InChI=1S/C30H36N2O5/c1-4-35-29(33)28(19-23-10-12-26(13-11-23)36-20-25-14-16-31-17-15-25)32-27(18-22(2)3)30(34)37-21-24-8-6-5-7-9-24/h5-17,22,27-28,32H,4,18-21H2,1-3H3/t27-,28-/m0/s1. The molecule has 1 N–H and O–H groups in total. The highest BCUT2D eigenvalue weighted by atomic mass is 16.5. The van der Waals surface area contributed by atoms with Crippen molar-refractivity contribution in [2.24, 2.45) is 5.92 Å². The molecule has 0 radical (unpaired) electrons. The van der Waals surface area contributed by atoms with Crippen molar-refractivity contribution in [2.75, 3.05) is 6.61 Å². The van der Waals surface area contributed by atoms with Crippen molar-refractivity contribution in [2.45, 2.75) is 58.9 Å². The Balaban J connectivity index is 1.65. The minimum atomic E-state index is -0.698. The predicted octanol–water partition coefficient (Wildman–Crippen LogP) is 4.88. The summed E-state index contributed by atoms with van der Waals surface area (Å²) in [7, 11) is 0. The van der Waals surface area contributed by atoms with Crippen LogP contribution in [0, 0.1) is 5.92 Å². The molecular formula is C30H36N2O5.